The maximum atomic E-state index is 5.49. The molecule has 9 heteroatoms. The second-order valence-electron chi connectivity index (χ2n) is 21.8. The molecule has 0 aromatic carbocycles. The van der Waals surface area contributed by atoms with E-state index < -0.39 is 0 Å². The van der Waals surface area contributed by atoms with Crippen LogP contribution in [0, 0.1) is 14.3 Å². The van der Waals surface area contributed by atoms with Gasteiger partial charge in [0.15, 0.2) is 14.3 Å². The molecular weight excluding hydrogens is 937 g/mol. The molecule has 9 N–H and O–H groups in total. The van der Waals surface area contributed by atoms with Crippen LogP contribution in [0.25, 0.3) is 0 Å². The first-order valence-corrected chi connectivity index (χ1v) is 33.7. The van der Waals surface area contributed by atoms with Crippen LogP contribution in [-0.4, -0.2) is 34.6 Å². The summed E-state index contributed by atoms with van der Waals surface area (Å²) in [6.07, 6.45) is 77.5. The highest BCUT2D eigenvalue weighted by atomic mass is 32.1. The van der Waals surface area contributed by atoms with Crippen LogP contribution in [-0.2, 0) is 0 Å². The zero-order valence-electron chi connectivity index (χ0n) is 49.3. The Balaban J connectivity index is -0.000000910. The number of H-pyrrole nitrogens is 3. The van der Waals surface area contributed by atoms with Gasteiger partial charge in [0.2, 0.25) is 0 Å². The summed E-state index contributed by atoms with van der Waals surface area (Å²) >= 11 is 14.2. The van der Waals surface area contributed by atoms with Crippen LogP contribution in [0.3, 0.4) is 0 Å². The molecule has 432 valence electrons. The van der Waals surface area contributed by atoms with E-state index in [0.717, 1.165) is 19.6 Å². The molecule has 0 saturated carbocycles. The largest absolute Gasteiger partial charge is 0.330 e. The molecule has 0 amide bonds. The molecule has 1 heterocycles. The molecule has 1 aromatic heterocycles. The molecule has 72 heavy (non-hydrogen) atoms. The second kappa shape index (κ2) is 72.6. The highest BCUT2D eigenvalue weighted by molar-refractivity contribution is 7.72. The summed E-state index contributed by atoms with van der Waals surface area (Å²) in [5.41, 5.74) is 16.5. The summed E-state index contributed by atoms with van der Waals surface area (Å²) in [6.45, 7) is 9.50. The van der Waals surface area contributed by atoms with Crippen molar-refractivity contribution in [2.75, 3.05) is 19.6 Å². The lowest BCUT2D eigenvalue weighted by Gasteiger charge is -2.03. The van der Waals surface area contributed by atoms with Gasteiger partial charge in [0.25, 0.3) is 0 Å². The average molecular weight is 1070 g/mol. The topological polar surface area (TPSA) is 125 Å². The minimum Gasteiger partial charge on any atom is -0.330 e. The molecule has 0 spiro atoms. The zero-order valence-corrected chi connectivity index (χ0v) is 51.7. The first kappa shape index (κ1) is 75.8. The third-order valence-corrected chi connectivity index (χ3v) is 15.0. The van der Waals surface area contributed by atoms with Crippen LogP contribution in [0.4, 0.5) is 0 Å². The zero-order chi connectivity index (χ0) is 53.2. The smallest absolute Gasteiger partial charge is 0.178 e. The predicted octanol–water partition coefficient (Wildman–Crippen LogP) is 22.8. The highest BCUT2D eigenvalue weighted by Gasteiger charge is 1.98. The molecule has 0 atom stereocenters. The molecule has 0 aliphatic rings. The van der Waals surface area contributed by atoms with E-state index in [1.807, 2.05) is 0 Å². The quantitative estimate of drug-likeness (QED) is 0.0285. The predicted molar refractivity (Wildman–Crippen MR) is 335 cm³/mol. The van der Waals surface area contributed by atoms with E-state index >= 15 is 0 Å². The second-order valence-corrected chi connectivity index (χ2v) is 23.0. The fraction of sp³-hybridized carbons (Fsp3) is 0.952. The van der Waals surface area contributed by atoms with Gasteiger partial charge in [-0.05, 0) is 75.6 Å². The Morgan fingerprint density at radius 3 is 0.389 bits per heavy atom. The monoisotopic (exact) mass is 1070 g/mol. The summed E-state index contributed by atoms with van der Waals surface area (Å²) in [4.78, 5) is 7.99. The number of unbranched alkanes of at least 4 members (excludes halogenated alkanes) is 51. The minimum absolute atomic E-state index is 0.448. The summed E-state index contributed by atoms with van der Waals surface area (Å²) in [5, 5.41) is 0. The molecule has 0 aliphatic carbocycles. The van der Waals surface area contributed by atoms with Gasteiger partial charge in [0, 0.05) is 0 Å². The molecule has 0 fully saturated rings. The Labute approximate surface area is 467 Å². The summed E-state index contributed by atoms with van der Waals surface area (Å²) in [5.74, 6) is 0. The molecule has 0 radical (unpaired) electrons. The number of aromatic amines is 3. The third-order valence-electron chi connectivity index (χ3n) is 14.4. The molecule has 1 aromatic rings. The van der Waals surface area contributed by atoms with Gasteiger partial charge in [-0.15, -0.1) is 0 Å². The molecular formula is C63H132N6S3. The number of aromatic nitrogens is 3. The van der Waals surface area contributed by atoms with Gasteiger partial charge in [0.1, 0.15) is 0 Å². The lowest BCUT2D eigenvalue weighted by Crippen LogP contribution is -1.97. The van der Waals surface area contributed by atoms with Crippen molar-refractivity contribution in [3.8, 4) is 0 Å². The average Bonchev–Trinajstić information content (AvgIpc) is 3.37. The van der Waals surface area contributed by atoms with E-state index in [2.05, 4.69) is 35.7 Å². The normalized spacial score (nSPS) is 10.9. The lowest BCUT2D eigenvalue weighted by molar-refractivity contribution is 0.525. The minimum atomic E-state index is 0.448. The van der Waals surface area contributed by atoms with Crippen molar-refractivity contribution >= 4 is 36.7 Å². The summed E-state index contributed by atoms with van der Waals surface area (Å²) in [6, 6.07) is 0. The van der Waals surface area contributed by atoms with E-state index in [9.17, 15) is 0 Å². The number of hydrogen-bond donors (Lipinski definition) is 6. The Morgan fingerprint density at radius 2 is 0.292 bits per heavy atom. The summed E-state index contributed by atoms with van der Waals surface area (Å²) in [7, 11) is 0. The van der Waals surface area contributed by atoms with Crippen LogP contribution >= 0.6 is 36.7 Å². The highest BCUT2D eigenvalue weighted by Crippen LogP contribution is 2.17. The molecule has 6 nitrogen and oxygen atoms in total. The van der Waals surface area contributed by atoms with Crippen LogP contribution in [0.2, 0.25) is 0 Å². The first-order chi connectivity index (χ1) is 35.4. The lowest BCUT2D eigenvalue weighted by atomic mass is 10.0. The molecule has 0 saturated heterocycles. The van der Waals surface area contributed by atoms with E-state index in [4.69, 9.17) is 53.9 Å². The van der Waals surface area contributed by atoms with E-state index in [-0.39, 0.29) is 0 Å². The van der Waals surface area contributed by atoms with Crippen molar-refractivity contribution in [2.45, 2.75) is 367 Å². The standard InChI is InChI=1S/3C20H43N.C3H3N3S3/c3*1-2-3-4-5-6-7-8-9-10-11-12-13-14-15-16-17-18-19-20-21;7-1-4-2(8)6-3(9)5-1/h3*2-21H2,1H3;(H3,4,5,6,7,8,9). The molecule has 0 unspecified atom stereocenters. The van der Waals surface area contributed by atoms with Crippen LogP contribution in [0.1, 0.15) is 367 Å². The van der Waals surface area contributed by atoms with E-state index in [0.29, 0.717) is 14.3 Å². The van der Waals surface area contributed by atoms with Gasteiger partial charge >= 0.3 is 0 Å². The fourth-order valence-electron chi connectivity index (χ4n) is 9.54. The Morgan fingerprint density at radius 1 is 0.194 bits per heavy atom. The Bertz CT molecular complexity index is 1010. The van der Waals surface area contributed by atoms with Gasteiger partial charge in [0.05, 0.1) is 0 Å². The Hall–Kier alpha value is -0.450. The first-order valence-electron chi connectivity index (χ1n) is 32.5. The van der Waals surface area contributed by atoms with Crippen LogP contribution in [0.5, 0.6) is 0 Å². The van der Waals surface area contributed by atoms with Gasteiger partial charge in [-0.25, -0.2) is 0 Å². The summed E-state index contributed by atoms with van der Waals surface area (Å²) < 4.78 is 1.34. The van der Waals surface area contributed by atoms with Crippen molar-refractivity contribution in [2.24, 2.45) is 17.2 Å². The molecule has 1 rings (SSSR count). The van der Waals surface area contributed by atoms with E-state index in [1.54, 1.807) is 0 Å². The Kier molecular flexibility index (Phi) is 76.4. The van der Waals surface area contributed by atoms with Gasteiger partial charge < -0.3 is 32.2 Å². The van der Waals surface area contributed by atoms with Crippen molar-refractivity contribution in [3.05, 3.63) is 14.3 Å². The maximum absolute atomic E-state index is 5.49. The van der Waals surface area contributed by atoms with Crippen molar-refractivity contribution in [1.29, 1.82) is 0 Å². The molecule has 0 aliphatic heterocycles. The number of rotatable bonds is 54. The van der Waals surface area contributed by atoms with E-state index in [1.165, 1.54) is 347 Å². The number of hydrogen-bond acceptors (Lipinski definition) is 6. The van der Waals surface area contributed by atoms with Crippen molar-refractivity contribution in [1.82, 2.24) is 15.0 Å². The van der Waals surface area contributed by atoms with Gasteiger partial charge in [-0.3, -0.25) is 0 Å². The van der Waals surface area contributed by atoms with Gasteiger partial charge in [-0.1, -0.05) is 348 Å². The third kappa shape index (κ3) is 76.1. The van der Waals surface area contributed by atoms with Crippen molar-refractivity contribution < 1.29 is 0 Å². The fourth-order valence-corrected chi connectivity index (χ4v) is 10.3. The van der Waals surface area contributed by atoms with Crippen molar-refractivity contribution in [3.63, 3.8) is 0 Å². The van der Waals surface area contributed by atoms with Crippen LogP contribution < -0.4 is 17.2 Å². The van der Waals surface area contributed by atoms with Crippen LogP contribution in [0.15, 0.2) is 0 Å². The SMILES string of the molecule is CCCCCCCCCCCCCCCCCCCCN.CCCCCCCCCCCCCCCCCCCCN.CCCCCCCCCCCCCCCCCCCCN.S=c1[nH]c(=S)[nH]c(=S)[nH]1. The van der Waals surface area contributed by atoms with Gasteiger partial charge in [-0.2, -0.15) is 0 Å². The number of nitrogens with two attached hydrogens (primary N) is 3. The number of nitrogens with one attached hydrogen (secondary N) is 3. The maximum Gasteiger partial charge on any atom is 0.178 e. The molecule has 0 bridgehead atoms.